The van der Waals surface area contributed by atoms with Gasteiger partial charge in [0.05, 0.1) is 0 Å². The Labute approximate surface area is 155 Å². The van der Waals surface area contributed by atoms with Crippen molar-refractivity contribution in [3.8, 4) is 5.75 Å². The number of aryl methyl sites for hydroxylation is 1. The number of rotatable bonds is 7. The standard InChI is InChI=1S/C21H27N3O2/c1-17(2)16-26-20-6-3-5-19(15-20)21(25)23-12-7-18(8-13-23)9-14-24-11-4-10-22-24/h3-6,10-11,15,18H,1,7-9,12-14,16H2,2H3. The van der Waals surface area contributed by atoms with Crippen molar-refractivity contribution in [1.29, 1.82) is 0 Å². The van der Waals surface area contributed by atoms with Crippen molar-refractivity contribution in [1.82, 2.24) is 14.7 Å². The molecule has 0 saturated carbocycles. The van der Waals surface area contributed by atoms with Crippen molar-refractivity contribution in [3.05, 3.63) is 60.4 Å². The molecule has 26 heavy (non-hydrogen) atoms. The van der Waals surface area contributed by atoms with Crippen LogP contribution in [0.25, 0.3) is 0 Å². The summed E-state index contributed by atoms with van der Waals surface area (Å²) in [5, 5.41) is 4.25. The zero-order chi connectivity index (χ0) is 18.4. The molecule has 1 fully saturated rings. The molecule has 0 bridgehead atoms. The zero-order valence-corrected chi connectivity index (χ0v) is 15.4. The molecule has 1 aliphatic rings. The lowest BCUT2D eigenvalue weighted by Crippen LogP contribution is -2.38. The number of nitrogens with zero attached hydrogens (tertiary/aromatic N) is 3. The highest BCUT2D eigenvalue weighted by molar-refractivity contribution is 5.94. The average molecular weight is 353 g/mol. The van der Waals surface area contributed by atoms with Crippen LogP contribution >= 0.6 is 0 Å². The Balaban J connectivity index is 1.50. The van der Waals surface area contributed by atoms with Gasteiger partial charge in [-0.1, -0.05) is 12.6 Å². The van der Waals surface area contributed by atoms with E-state index in [2.05, 4.69) is 11.7 Å². The average Bonchev–Trinajstić information content (AvgIpc) is 3.18. The van der Waals surface area contributed by atoms with E-state index in [0.29, 0.717) is 23.8 Å². The van der Waals surface area contributed by atoms with Crippen LogP contribution in [0, 0.1) is 5.92 Å². The fraction of sp³-hybridized carbons (Fsp3) is 0.429. The van der Waals surface area contributed by atoms with Gasteiger partial charge in [0, 0.05) is 37.6 Å². The SMILES string of the molecule is C=C(C)COc1cccc(C(=O)N2CCC(CCn3cccn3)CC2)c1. The maximum atomic E-state index is 12.8. The van der Waals surface area contributed by atoms with Crippen LogP contribution in [0.1, 0.15) is 36.5 Å². The van der Waals surface area contributed by atoms with E-state index in [0.717, 1.165) is 44.5 Å². The molecule has 1 amide bonds. The normalized spacial score (nSPS) is 15.0. The van der Waals surface area contributed by atoms with Crippen LogP contribution in [0.3, 0.4) is 0 Å². The lowest BCUT2D eigenvalue weighted by atomic mass is 9.93. The van der Waals surface area contributed by atoms with Gasteiger partial charge in [-0.15, -0.1) is 0 Å². The Kier molecular flexibility index (Phi) is 6.10. The molecular weight excluding hydrogens is 326 g/mol. The molecular formula is C21H27N3O2. The second kappa shape index (κ2) is 8.70. The summed E-state index contributed by atoms with van der Waals surface area (Å²) in [6.45, 7) is 8.82. The van der Waals surface area contributed by atoms with Gasteiger partial charge in [0.15, 0.2) is 0 Å². The van der Waals surface area contributed by atoms with E-state index in [1.165, 1.54) is 0 Å². The number of likely N-dealkylation sites (tertiary alicyclic amines) is 1. The van der Waals surface area contributed by atoms with Gasteiger partial charge in [-0.2, -0.15) is 5.10 Å². The molecule has 1 aromatic carbocycles. The molecule has 1 saturated heterocycles. The second-order valence-corrected chi connectivity index (χ2v) is 7.07. The van der Waals surface area contributed by atoms with Crippen LogP contribution in [-0.2, 0) is 6.54 Å². The zero-order valence-electron chi connectivity index (χ0n) is 15.4. The molecule has 0 atom stereocenters. The van der Waals surface area contributed by atoms with Crippen molar-refractivity contribution in [3.63, 3.8) is 0 Å². The molecule has 0 radical (unpaired) electrons. The highest BCUT2D eigenvalue weighted by Crippen LogP contribution is 2.23. The van der Waals surface area contributed by atoms with Crippen LogP contribution in [0.2, 0.25) is 0 Å². The van der Waals surface area contributed by atoms with Crippen LogP contribution in [0.15, 0.2) is 54.9 Å². The van der Waals surface area contributed by atoms with Gasteiger partial charge in [-0.3, -0.25) is 9.48 Å². The third-order valence-corrected chi connectivity index (χ3v) is 4.79. The van der Waals surface area contributed by atoms with Crippen molar-refractivity contribution < 1.29 is 9.53 Å². The summed E-state index contributed by atoms with van der Waals surface area (Å²) >= 11 is 0. The van der Waals surface area contributed by atoms with Gasteiger partial charge >= 0.3 is 0 Å². The molecule has 0 aliphatic carbocycles. The van der Waals surface area contributed by atoms with Crippen LogP contribution in [0.5, 0.6) is 5.75 Å². The monoisotopic (exact) mass is 353 g/mol. The number of ether oxygens (including phenoxy) is 1. The van der Waals surface area contributed by atoms with Crippen molar-refractivity contribution in [2.24, 2.45) is 5.92 Å². The molecule has 3 rings (SSSR count). The maximum Gasteiger partial charge on any atom is 0.253 e. The molecule has 0 unspecified atom stereocenters. The van der Waals surface area contributed by atoms with Crippen LogP contribution in [-0.4, -0.2) is 40.3 Å². The number of benzene rings is 1. The number of piperidine rings is 1. The first kappa shape index (κ1) is 18.2. The minimum absolute atomic E-state index is 0.0938. The molecule has 5 heteroatoms. The minimum atomic E-state index is 0.0938. The summed E-state index contributed by atoms with van der Waals surface area (Å²) in [7, 11) is 0. The lowest BCUT2D eigenvalue weighted by Gasteiger charge is -2.32. The number of aromatic nitrogens is 2. The number of carbonyl (C=O) groups is 1. The number of carbonyl (C=O) groups excluding carboxylic acids is 1. The highest BCUT2D eigenvalue weighted by atomic mass is 16.5. The summed E-state index contributed by atoms with van der Waals surface area (Å²) in [5.41, 5.74) is 1.65. The van der Waals surface area contributed by atoms with E-state index in [4.69, 9.17) is 4.74 Å². The summed E-state index contributed by atoms with van der Waals surface area (Å²) in [6.07, 6.45) is 7.04. The molecule has 5 nitrogen and oxygen atoms in total. The number of hydrogen-bond acceptors (Lipinski definition) is 3. The smallest absolute Gasteiger partial charge is 0.253 e. The summed E-state index contributed by atoms with van der Waals surface area (Å²) in [6, 6.07) is 9.39. The van der Waals surface area contributed by atoms with Crippen molar-refractivity contribution in [2.75, 3.05) is 19.7 Å². The summed E-state index contributed by atoms with van der Waals surface area (Å²) in [4.78, 5) is 14.7. The van der Waals surface area contributed by atoms with Crippen molar-refractivity contribution >= 4 is 5.91 Å². The fourth-order valence-corrected chi connectivity index (χ4v) is 3.28. The molecule has 0 spiro atoms. The predicted octanol–water partition coefficient (Wildman–Crippen LogP) is 3.78. The maximum absolute atomic E-state index is 12.8. The molecule has 2 heterocycles. The molecule has 0 N–H and O–H groups in total. The topological polar surface area (TPSA) is 47.4 Å². The van der Waals surface area contributed by atoms with E-state index in [-0.39, 0.29) is 5.91 Å². The number of amides is 1. The third-order valence-electron chi connectivity index (χ3n) is 4.79. The first-order chi connectivity index (χ1) is 12.6. The van der Waals surface area contributed by atoms with E-state index in [1.54, 1.807) is 0 Å². The second-order valence-electron chi connectivity index (χ2n) is 7.07. The molecule has 1 aromatic heterocycles. The van der Waals surface area contributed by atoms with Gasteiger partial charge in [0.1, 0.15) is 12.4 Å². The Morgan fingerprint density at radius 3 is 2.81 bits per heavy atom. The Morgan fingerprint density at radius 2 is 2.12 bits per heavy atom. The van der Waals surface area contributed by atoms with Gasteiger partial charge in [-0.05, 0) is 61.9 Å². The Hall–Kier alpha value is -2.56. The fourth-order valence-electron chi connectivity index (χ4n) is 3.28. The first-order valence-corrected chi connectivity index (χ1v) is 9.26. The van der Waals surface area contributed by atoms with Crippen LogP contribution in [0.4, 0.5) is 0 Å². The molecule has 1 aliphatic heterocycles. The Bertz CT molecular complexity index is 731. The first-order valence-electron chi connectivity index (χ1n) is 9.26. The van der Waals surface area contributed by atoms with Gasteiger partial charge in [-0.25, -0.2) is 0 Å². The predicted molar refractivity (Wildman–Crippen MR) is 102 cm³/mol. The lowest BCUT2D eigenvalue weighted by molar-refractivity contribution is 0.0684. The van der Waals surface area contributed by atoms with Gasteiger partial charge < -0.3 is 9.64 Å². The molecule has 138 valence electrons. The van der Waals surface area contributed by atoms with E-state index < -0.39 is 0 Å². The van der Waals surface area contributed by atoms with E-state index >= 15 is 0 Å². The van der Waals surface area contributed by atoms with Crippen LogP contribution < -0.4 is 4.74 Å². The Morgan fingerprint density at radius 1 is 1.31 bits per heavy atom. The molecule has 2 aromatic rings. The number of hydrogen-bond donors (Lipinski definition) is 0. The van der Waals surface area contributed by atoms with E-state index in [9.17, 15) is 4.79 Å². The third kappa shape index (κ3) is 4.97. The summed E-state index contributed by atoms with van der Waals surface area (Å²) < 4.78 is 7.63. The largest absolute Gasteiger partial charge is 0.489 e. The van der Waals surface area contributed by atoms with Crippen molar-refractivity contribution in [2.45, 2.75) is 32.7 Å². The van der Waals surface area contributed by atoms with Gasteiger partial charge in [0.2, 0.25) is 0 Å². The minimum Gasteiger partial charge on any atom is -0.489 e. The van der Waals surface area contributed by atoms with Gasteiger partial charge in [0.25, 0.3) is 5.91 Å². The quantitative estimate of drug-likeness (QED) is 0.712. The highest BCUT2D eigenvalue weighted by Gasteiger charge is 2.23. The summed E-state index contributed by atoms with van der Waals surface area (Å²) in [5.74, 6) is 1.47. The van der Waals surface area contributed by atoms with E-state index in [1.807, 2.05) is 59.2 Å².